The van der Waals surface area contributed by atoms with E-state index in [1.54, 1.807) is 48.4 Å². The molecule has 0 fully saturated rings. The normalized spacial score (nSPS) is 12.2. The number of fused-ring (bicyclic) bond motifs is 4. The van der Waals surface area contributed by atoms with E-state index in [0.717, 1.165) is 73.3 Å². The zero-order chi connectivity index (χ0) is 96.7. The number of aromatic nitrogens is 14. The van der Waals surface area contributed by atoms with Gasteiger partial charge >= 0.3 is 24.7 Å². The number of aryl methyl sites for hydroxylation is 1. The summed E-state index contributed by atoms with van der Waals surface area (Å²) in [5.74, 6) is -2.96. The van der Waals surface area contributed by atoms with Gasteiger partial charge in [-0.25, -0.2) is 68.6 Å². The molecule has 12 heterocycles. The van der Waals surface area contributed by atoms with E-state index in [4.69, 9.17) is 81.2 Å². The Kier molecular flexibility index (Phi) is 27.7. The van der Waals surface area contributed by atoms with Crippen LogP contribution in [-0.4, -0.2) is 131 Å². The summed E-state index contributed by atoms with van der Waals surface area (Å²) >= 11 is 40.5. The lowest BCUT2D eigenvalue weighted by Gasteiger charge is -2.15. The highest BCUT2D eigenvalue weighted by Gasteiger charge is 2.40. The highest BCUT2D eigenvalue weighted by Crippen LogP contribution is 2.43. The second-order valence-electron chi connectivity index (χ2n) is 27.0. The third-order valence-corrected chi connectivity index (χ3v) is 26.0. The number of sulfonamides is 4. The van der Waals surface area contributed by atoms with Crippen LogP contribution in [0.1, 0.15) is 86.7 Å². The number of halogens is 19. The Labute approximate surface area is 773 Å². The maximum Gasteiger partial charge on any atom is 0.417 e. The largest absolute Gasteiger partial charge is 0.427 e. The maximum absolute atomic E-state index is 13.3. The van der Waals surface area contributed by atoms with E-state index >= 15 is 0 Å². The number of rotatable bonds is 20. The molecule has 0 saturated carbocycles. The number of aromatic amines is 2. The summed E-state index contributed by atoms with van der Waals surface area (Å²) in [4.78, 5) is 95.5. The molecule has 0 unspecified atom stereocenters. The van der Waals surface area contributed by atoms with Crippen LogP contribution in [0.3, 0.4) is 0 Å². The minimum absolute atomic E-state index is 0.0130. The molecular formula is C79H45Cl7F12N18O13S4. The fraction of sp³-hybridized carbons (Fsp3) is 0.0633. The number of anilines is 4. The van der Waals surface area contributed by atoms with Gasteiger partial charge in [-0.05, 0) is 140 Å². The van der Waals surface area contributed by atoms with E-state index in [0.29, 0.717) is 62.1 Å². The van der Waals surface area contributed by atoms with Gasteiger partial charge in [0, 0.05) is 84.5 Å². The van der Waals surface area contributed by atoms with Crippen LogP contribution in [-0.2, 0) is 71.8 Å². The Hall–Kier alpha value is -13.2. The van der Waals surface area contributed by atoms with Gasteiger partial charge in [-0.1, -0.05) is 81.2 Å². The minimum Gasteiger partial charge on any atom is -0.427 e. The fourth-order valence-corrected chi connectivity index (χ4v) is 18.3. The number of ketones is 4. The number of nitrogens with one attached hydrogen (secondary N) is 6. The van der Waals surface area contributed by atoms with Crippen LogP contribution in [0, 0.1) is 0 Å². The summed E-state index contributed by atoms with van der Waals surface area (Å²) in [6.07, 6.45) is -3.91. The number of hydrogen-bond donors (Lipinski definition) is 7. The SMILES string of the molecule is Cn1ccc2c(C(=O)c3ncc(Cl)cc3NS(=O)(=O)c3ccc(Cl)c(C(F)(F)F)c3)ncnc21.O=C(c1ncccc1NS(=O)(=O)c1ccc(Cl)c(C(F)(F)F)c1)c1c(Cl)cn(O)c2nccc1-2.O=C(c1ncccc1NS(=O)(=O)c1ccc(Cl)c(C(F)(F)F)c1)c1c(Cl)cnc2[nH]ccc12.O=C(c1ncccc1NS(=O)(=O)c1ccc(Cl)c(C(F)(F)F)c1)c1ncnc2[nH]ccc12. The molecule has 2 aliphatic rings. The molecule has 4 aromatic carbocycles. The molecule has 31 nitrogen and oxygen atoms in total. The Morgan fingerprint density at radius 3 is 1.19 bits per heavy atom. The molecule has 0 aliphatic carbocycles. The Bertz CT molecular complexity index is 7830. The van der Waals surface area contributed by atoms with E-state index in [1.165, 1.54) is 79.8 Å². The first kappa shape index (κ1) is 97.3. The molecule has 686 valence electrons. The van der Waals surface area contributed by atoms with E-state index in [1.807, 2.05) is 0 Å². The van der Waals surface area contributed by atoms with Crippen molar-refractivity contribution < 1.29 is 111 Å². The van der Waals surface area contributed by atoms with E-state index in [2.05, 4.69) is 78.7 Å². The van der Waals surface area contributed by atoms with Gasteiger partial charge in [0.05, 0.1) is 117 Å². The third-order valence-electron chi connectivity index (χ3n) is 18.4. The van der Waals surface area contributed by atoms with Crippen molar-refractivity contribution in [3.8, 4) is 11.4 Å². The van der Waals surface area contributed by atoms with Crippen LogP contribution in [0.5, 0.6) is 0 Å². The Balaban J connectivity index is 0.000000151. The van der Waals surface area contributed by atoms with Crippen molar-refractivity contribution in [2.45, 2.75) is 44.3 Å². The molecule has 133 heavy (non-hydrogen) atoms. The minimum atomic E-state index is -4.88. The molecule has 0 spiro atoms. The monoisotopic (exact) mass is 2050 g/mol. The standard InChI is InChI=1S/C20H12Cl2F3N5O3S.C20H11Cl2F3N4O4S.C20H11Cl2F3N4O3S.C19H11ClF3N5O3S/c1-30-5-4-12-16(27-9-28-19(12)30)18(31)17-15(6-10(21)8-26-17)29-34(32,33)11-2-3-14(22)13(7-11)20(23,24)25;21-13-4-3-10(8-12(13)20(23,24)25)34(32,33)28-15-2-1-6-26-17(15)18(30)16-11-5-7-27-19(11)29(31)9-14(16)22;21-13-4-3-10(8-12(13)20(23,24)25)33(31,32)29-15-2-1-6-26-17(15)18(30)16-11-5-7-27-19(11)28-9-14(16)22;20-13-4-3-10(8-12(13)19(21,22)23)32(30,31)28-14-2-1-6-24-16(14)17(29)15-11-5-7-25-18(11)27-9-26-15/h2-9,29H,1H3;1-9,28,31H;1-9,29H,(H,27,28);1-9,28H,(H,25,26,27). The summed E-state index contributed by atoms with van der Waals surface area (Å²) in [7, 11) is -16.5. The van der Waals surface area contributed by atoms with Crippen molar-refractivity contribution in [1.29, 1.82) is 0 Å². The third kappa shape index (κ3) is 21.1. The van der Waals surface area contributed by atoms with Crippen LogP contribution in [0.15, 0.2) is 234 Å². The highest BCUT2D eigenvalue weighted by molar-refractivity contribution is 7.93. The Morgan fingerprint density at radius 1 is 0.368 bits per heavy atom. The van der Waals surface area contributed by atoms with Crippen molar-refractivity contribution in [1.82, 2.24) is 69.1 Å². The van der Waals surface area contributed by atoms with E-state index < -0.39 is 150 Å². The van der Waals surface area contributed by atoms with Crippen LogP contribution < -0.4 is 18.9 Å². The number of alkyl halides is 12. The van der Waals surface area contributed by atoms with Crippen molar-refractivity contribution in [3.63, 3.8) is 0 Å². The van der Waals surface area contributed by atoms with Crippen molar-refractivity contribution in [2.24, 2.45) is 7.05 Å². The molecule has 16 rings (SSSR count). The topological polar surface area (TPSA) is 444 Å². The molecule has 0 amide bonds. The maximum atomic E-state index is 13.3. The lowest BCUT2D eigenvalue weighted by atomic mass is 10.0. The van der Waals surface area contributed by atoms with Crippen molar-refractivity contribution in [3.05, 3.63) is 317 Å². The van der Waals surface area contributed by atoms with E-state index in [-0.39, 0.29) is 94.5 Å². The predicted octanol–water partition coefficient (Wildman–Crippen LogP) is 19.1. The first-order valence-corrected chi connectivity index (χ1v) is 44.7. The molecule has 10 aromatic heterocycles. The molecule has 7 N–H and O–H groups in total. The van der Waals surface area contributed by atoms with Gasteiger partial charge in [0.15, 0.2) is 5.82 Å². The van der Waals surface area contributed by atoms with Gasteiger partial charge in [0.1, 0.15) is 63.8 Å². The van der Waals surface area contributed by atoms with Crippen LogP contribution >= 0.6 is 81.2 Å². The summed E-state index contributed by atoms with van der Waals surface area (Å²) in [6, 6.07) is 23.6. The molecule has 0 atom stereocenters. The predicted molar refractivity (Wildman–Crippen MR) is 459 cm³/mol. The summed E-state index contributed by atoms with van der Waals surface area (Å²) in [5, 5.41) is 8.28. The number of carbonyl (C=O) groups excluding carboxylic acids is 4. The average molecular weight is 2060 g/mol. The Morgan fingerprint density at radius 2 is 0.752 bits per heavy atom. The number of carbonyl (C=O) groups is 4. The quantitative estimate of drug-likeness (QED) is 0.0212. The summed E-state index contributed by atoms with van der Waals surface area (Å²) < 4.78 is 271. The second kappa shape index (κ2) is 37.8. The van der Waals surface area contributed by atoms with Gasteiger partial charge in [-0.15, -0.1) is 0 Å². The van der Waals surface area contributed by atoms with Crippen LogP contribution in [0.2, 0.25) is 35.2 Å². The lowest BCUT2D eigenvalue weighted by Crippen LogP contribution is -2.18. The highest BCUT2D eigenvalue weighted by atomic mass is 35.5. The van der Waals surface area contributed by atoms with Gasteiger partial charge in [-0.2, -0.15) is 57.4 Å². The van der Waals surface area contributed by atoms with Crippen LogP contribution in [0.4, 0.5) is 75.4 Å². The molecule has 0 radical (unpaired) electrons. The molecule has 0 bridgehead atoms. The number of nitrogens with zero attached hydrogens (tertiary/aromatic N) is 12. The first-order valence-electron chi connectivity index (χ1n) is 36.1. The zero-order valence-electron chi connectivity index (χ0n) is 65.2. The number of pyridine rings is 6. The number of benzene rings is 4. The van der Waals surface area contributed by atoms with E-state index in [9.17, 15) is 111 Å². The molecular weight excluding hydrogens is 2010 g/mol. The van der Waals surface area contributed by atoms with Crippen LogP contribution in [0.25, 0.3) is 44.5 Å². The van der Waals surface area contributed by atoms with Gasteiger partial charge < -0.3 is 19.7 Å². The number of H-pyrrole nitrogens is 2. The molecule has 14 aromatic rings. The first-order chi connectivity index (χ1) is 62.3. The number of hydrogen-bond acceptors (Lipinski definition) is 23. The van der Waals surface area contributed by atoms with Gasteiger partial charge in [0.25, 0.3) is 40.1 Å². The summed E-state index contributed by atoms with van der Waals surface area (Å²) in [6.45, 7) is 0. The van der Waals surface area contributed by atoms with Gasteiger partial charge in [-0.3, -0.25) is 53.0 Å². The zero-order valence-corrected chi connectivity index (χ0v) is 73.8. The second-order valence-corrected chi connectivity index (χ2v) is 36.6. The van der Waals surface area contributed by atoms with Crippen molar-refractivity contribution in [2.75, 3.05) is 18.9 Å². The van der Waals surface area contributed by atoms with Crippen molar-refractivity contribution >= 4 is 200 Å². The smallest absolute Gasteiger partial charge is 0.417 e. The lowest BCUT2D eigenvalue weighted by molar-refractivity contribution is -0.138. The molecule has 54 heteroatoms. The molecule has 2 aliphatic heterocycles. The molecule has 0 saturated heterocycles. The summed E-state index contributed by atoms with van der Waals surface area (Å²) in [5.41, 5.74) is -6.49. The average Bonchev–Trinajstić information content (AvgIpc) is 1.75. The fourth-order valence-electron chi connectivity index (χ4n) is 12.4. The van der Waals surface area contributed by atoms with Gasteiger partial charge in [0.2, 0.25) is 23.1 Å².